The summed E-state index contributed by atoms with van der Waals surface area (Å²) in [5.74, 6) is -1.09. The molecule has 0 bridgehead atoms. The molecule has 0 atom stereocenters. The molecule has 0 aliphatic heterocycles. The number of hydrogen-bond donors (Lipinski definition) is 4. The molecule has 0 fully saturated rings. The van der Waals surface area contributed by atoms with Crippen LogP contribution < -0.4 is 16.0 Å². The van der Waals surface area contributed by atoms with Gasteiger partial charge in [0.1, 0.15) is 13.2 Å². The first kappa shape index (κ1) is 65.3. The first-order valence-corrected chi connectivity index (χ1v) is 24.0. The van der Waals surface area contributed by atoms with Crippen molar-refractivity contribution in [1.82, 2.24) is 16.0 Å². The number of amides is 3. The third kappa shape index (κ3) is 57.6. The Hall–Kier alpha value is -2.72. The lowest BCUT2D eigenvalue weighted by molar-refractivity contribution is -0.137. The second-order valence-corrected chi connectivity index (χ2v) is 14.9. The van der Waals surface area contributed by atoms with Gasteiger partial charge in [-0.05, 0) is 25.2 Å². The van der Waals surface area contributed by atoms with Gasteiger partial charge in [0.15, 0.2) is 0 Å². The van der Waals surface area contributed by atoms with Crippen LogP contribution in [-0.2, 0) is 90.2 Å². The Morgan fingerprint density at radius 1 is 0.324 bits per heavy atom. The summed E-state index contributed by atoms with van der Waals surface area (Å²) in [6, 6.07) is 0. The van der Waals surface area contributed by atoms with Crippen LogP contribution >= 0.6 is 0 Å². The summed E-state index contributed by atoms with van der Waals surface area (Å²) in [7, 11) is 0. The van der Waals surface area contributed by atoms with Gasteiger partial charge < -0.3 is 92.1 Å². The Morgan fingerprint density at radius 3 is 0.956 bits per heavy atom. The fourth-order valence-electron chi connectivity index (χ4n) is 4.96. The van der Waals surface area contributed by atoms with E-state index in [1.54, 1.807) is 0 Å². The molecule has 4 N–H and O–H groups in total. The minimum atomic E-state index is -0.918. The number of nitrogens with one attached hydrogen (secondary N) is 3. The molecule has 0 radical (unpaired) electrons. The third-order valence-electron chi connectivity index (χ3n) is 8.35. The standard InChI is InChI=1S/C45H87N3O20/c1-41(2)38-67-36-35-65-33-32-64-31-30-63-29-28-62-27-26-61-25-24-60-23-22-59-21-20-58-19-18-57-17-16-56-15-14-54-12-9-48-44(51)40-68-37-34-55-13-10-47-43(50)39-66-11-4-3-8-46-42(49)6-5-7-45(52)53/h41H,3-40H2,1-2H3,(H,46,49)(H,47,50)(H,48,51)(H,52,53). The molecule has 0 aliphatic carbocycles. The highest BCUT2D eigenvalue weighted by atomic mass is 16.6. The first-order valence-electron chi connectivity index (χ1n) is 24.0. The number of carboxylic acid groups (broad SMARTS) is 1. The normalized spacial score (nSPS) is 11.4. The van der Waals surface area contributed by atoms with Gasteiger partial charge in [0.25, 0.3) is 0 Å². The smallest absolute Gasteiger partial charge is 0.303 e. The minimum absolute atomic E-state index is 0.0273. The van der Waals surface area contributed by atoms with Crippen LogP contribution in [0.4, 0.5) is 0 Å². The van der Waals surface area contributed by atoms with Crippen LogP contribution in [0.5, 0.6) is 0 Å². The fraction of sp³-hybridized carbons (Fsp3) is 0.911. The van der Waals surface area contributed by atoms with Crippen molar-refractivity contribution in [3.63, 3.8) is 0 Å². The second kappa shape index (κ2) is 55.2. The van der Waals surface area contributed by atoms with E-state index in [-0.39, 0.29) is 63.6 Å². The summed E-state index contributed by atoms with van der Waals surface area (Å²) in [4.78, 5) is 45.7. The van der Waals surface area contributed by atoms with Gasteiger partial charge in [0, 0.05) is 45.7 Å². The number of carbonyl (C=O) groups is 4. The highest BCUT2D eigenvalue weighted by molar-refractivity contribution is 5.77. The maximum absolute atomic E-state index is 11.9. The van der Waals surface area contributed by atoms with Gasteiger partial charge in [-0.1, -0.05) is 13.8 Å². The molecule has 0 aromatic carbocycles. The molecule has 0 saturated heterocycles. The molecule has 0 aromatic rings. The van der Waals surface area contributed by atoms with E-state index >= 15 is 0 Å². The predicted molar refractivity (Wildman–Crippen MR) is 247 cm³/mol. The highest BCUT2D eigenvalue weighted by Crippen LogP contribution is 1.96. The number of unbranched alkanes of at least 4 members (excludes halogenated alkanes) is 1. The maximum Gasteiger partial charge on any atom is 0.303 e. The van der Waals surface area contributed by atoms with Crippen molar-refractivity contribution < 1.29 is 95.3 Å². The van der Waals surface area contributed by atoms with Crippen LogP contribution in [0, 0.1) is 5.92 Å². The zero-order valence-electron chi connectivity index (χ0n) is 41.2. The van der Waals surface area contributed by atoms with Crippen LogP contribution in [0.3, 0.4) is 0 Å². The molecule has 0 rings (SSSR count). The van der Waals surface area contributed by atoms with Gasteiger partial charge in [-0.25, -0.2) is 0 Å². The quantitative estimate of drug-likeness (QED) is 0.0597. The Bertz CT molecular complexity index is 1120. The maximum atomic E-state index is 11.9. The third-order valence-corrected chi connectivity index (χ3v) is 8.35. The van der Waals surface area contributed by atoms with Gasteiger partial charge in [0.2, 0.25) is 17.7 Å². The SMILES string of the molecule is CC(C)COCCOCCOCCOCCOCCOCCOCCOCCOCCOCCOCCOCCNC(=O)COCCOCCNC(=O)COCCCCNC(=O)CCCC(=O)O. The van der Waals surface area contributed by atoms with Crippen molar-refractivity contribution in [3.8, 4) is 0 Å². The summed E-state index contributed by atoms with van der Waals surface area (Å²) in [6.07, 6.45) is 1.83. The van der Waals surface area contributed by atoms with Crippen molar-refractivity contribution in [3.05, 3.63) is 0 Å². The number of carboxylic acids is 1. The summed E-state index contributed by atoms with van der Waals surface area (Å²) >= 11 is 0. The fourth-order valence-corrected chi connectivity index (χ4v) is 4.96. The van der Waals surface area contributed by atoms with Gasteiger partial charge in [-0.15, -0.1) is 0 Å². The largest absolute Gasteiger partial charge is 0.481 e. The zero-order valence-corrected chi connectivity index (χ0v) is 41.2. The average Bonchev–Trinajstić information content (AvgIpc) is 3.31. The molecule has 68 heavy (non-hydrogen) atoms. The highest BCUT2D eigenvalue weighted by Gasteiger charge is 2.05. The molecule has 0 saturated carbocycles. The minimum Gasteiger partial charge on any atom is -0.481 e. The van der Waals surface area contributed by atoms with Crippen molar-refractivity contribution in [2.75, 3.05) is 218 Å². The molecular formula is C45H87N3O20. The Balaban J connectivity index is 3.21. The number of aliphatic carboxylic acids is 1. The summed E-state index contributed by atoms with van der Waals surface area (Å²) < 4.78 is 81.7. The molecule has 0 spiro atoms. The molecule has 3 amide bonds. The van der Waals surface area contributed by atoms with Crippen molar-refractivity contribution >= 4 is 23.7 Å². The van der Waals surface area contributed by atoms with Crippen LogP contribution in [0.25, 0.3) is 0 Å². The van der Waals surface area contributed by atoms with Gasteiger partial charge in [-0.3, -0.25) is 19.2 Å². The van der Waals surface area contributed by atoms with Crippen LogP contribution in [0.2, 0.25) is 0 Å². The van der Waals surface area contributed by atoms with Crippen LogP contribution in [0.15, 0.2) is 0 Å². The zero-order chi connectivity index (χ0) is 49.5. The molecule has 23 heteroatoms. The molecular weight excluding hydrogens is 902 g/mol. The number of hydrogen-bond acceptors (Lipinski definition) is 19. The van der Waals surface area contributed by atoms with Gasteiger partial charge >= 0.3 is 5.97 Å². The van der Waals surface area contributed by atoms with Crippen LogP contribution in [-0.4, -0.2) is 247 Å². The van der Waals surface area contributed by atoms with Gasteiger partial charge in [-0.2, -0.15) is 0 Å². The van der Waals surface area contributed by atoms with Gasteiger partial charge in [0.05, 0.1) is 172 Å². The molecule has 0 aromatic heterocycles. The average molecular weight is 990 g/mol. The lowest BCUT2D eigenvalue weighted by atomic mass is 10.2. The topological polar surface area (TPSA) is 263 Å². The van der Waals surface area contributed by atoms with E-state index in [0.717, 1.165) is 6.61 Å². The Morgan fingerprint density at radius 2 is 0.618 bits per heavy atom. The van der Waals surface area contributed by atoms with E-state index in [2.05, 4.69) is 29.8 Å². The van der Waals surface area contributed by atoms with Crippen LogP contribution in [0.1, 0.15) is 46.0 Å². The van der Waals surface area contributed by atoms with Crippen molar-refractivity contribution in [1.29, 1.82) is 0 Å². The summed E-state index contributed by atoms with van der Waals surface area (Å²) in [6.45, 7) is 18.1. The molecule has 0 unspecified atom stereocenters. The predicted octanol–water partition coefficient (Wildman–Crippen LogP) is 0.275. The first-order chi connectivity index (χ1) is 33.3. The number of ether oxygens (including phenoxy) is 15. The van der Waals surface area contributed by atoms with E-state index in [9.17, 15) is 19.2 Å². The van der Waals surface area contributed by atoms with Crippen molar-refractivity contribution in [2.45, 2.75) is 46.0 Å². The van der Waals surface area contributed by atoms with E-state index < -0.39 is 5.97 Å². The monoisotopic (exact) mass is 990 g/mol. The summed E-state index contributed by atoms with van der Waals surface area (Å²) in [5.41, 5.74) is 0. The van der Waals surface area contributed by atoms with Crippen molar-refractivity contribution in [2.24, 2.45) is 5.92 Å². The molecule has 402 valence electrons. The van der Waals surface area contributed by atoms with E-state index in [4.69, 9.17) is 76.2 Å². The molecule has 23 nitrogen and oxygen atoms in total. The van der Waals surface area contributed by atoms with E-state index in [1.165, 1.54) is 0 Å². The second-order valence-electron chi connectivity index (χ2n) is 14.9. The number of carbonyl (C=O) groups excluding carboxylic acids is 3. The lowest BCUT2D eigenvalue weighted by Crippen LogP contribution is -2.32. The molecule has 0 heterocycles. The molecule has 0 aliphatic rings. The Labute approximate surface area is 404 Å². The summed E-state index contributed by atoms with van der Waals surface area (Å²) in [5, 5.41) is 16.7. The van der Waals surface area contributed by atoms with E-state index in [1.807, 2.05) is 0 Å². The number of rotatable bonds is 57. The lowest BCUT2D eigenvalue weighted by Gasteiger charge is -2.09. The van der Waals surface area contributed by atoms with E-state index in [0.29, 0.717) is 203 Å². The Kier molecular flexibility index (Phi) is 53.0.